The maximum atomic E-state index is 12.0. The molecular formula is C16H18N2O4. The zero-order valence-corrected chi connectivity index (χ0v) is 12.8. The summed E-state index contributed by atoms with van der Waals surface area (Å²) < 4.78 is 9.93. The van der Waals surface area contributed by atoms with E-state index in [1.54, 1.807) is 18.2 Å². The Bertz CT molecular complexity index is 657. The predicted molar refractivity (Wildman–Crippen MR) is 79.3 cm³/mol. The van der Waals surface area contributed by atoms with E-state index in [0.717, 1.165) is 5.56 Å². The Kier molecular flexibility index (Phi) is 4.60. The second-order valence-corrected chi connectivity index (χ2v) is 5.77. The number of carbonyl (C=O) groups is 2. The molecule has 6 heteroatoms. The van der Waals surface area contributed by atoms with Crippen molar-refractivity contribution in [2.45, 2.75) is 32.9 Å². The van der Waals surface area contributed by atoms with E-state index in [1.165, 1.54) is 12.3 Å². The molecule has 1 heterocycles. The molecule has 1 N–H and O–H groups in total. The molecule has 0 fully saturated rings. The summed E-state index contributed by atoms with van der Waals surface area (Å²) >= 11 is 0. The summed E-state index contributed by atoms with van der Waals surface area (Å²) in [4.78, 5) is 23.8. The highest BCUT2D eigenvalue weighted by Gasteiger charge is 2.18. The number of amides is 1. The van der Waals surface area contributed by atoms with Crippen molar-refractivity contribution < 1.29 is 18.8 Å². The molecule has 6 nitrogen and oxygen atoms in total. The minimum absolute atomic E-state index is 0.211. The number of hydrogen-bond donors (Lipinski definition) is 1. The van der Waals surface area contributed by atoms with Crippen LogP contribution in [0.5, 0.6) is 0 Å². The van der Waals surface area contributed by atoms with Gasteiger partial charge in [-0.1, -0.05) is 17.3 Å². The molecule has 1 aromatic heterocycles. The van der Waals surface area contributed by atoms with E-state index in [4.69, 9.17) is 4.74 Å². The van der Waals surface area contributed by atoms with E-state index in [0.29, 0.717) is 5.56 Å². The van der Waals surface area contributed by atoms with Crippen molar-refractivity contribution in [1.82, 2.24) is 10.5 Å². The van der Waals surface area contributed by atoms with Gasteiger partial charge in [0.2, 0.25) is 0 Å². The number of hydrogen-bond acceptors (Lipinski definition) is 5. The van der Waals surface area contributed by atoms with Crippen LogP contribution in [0.15, 0.2) is 41.1 Å². The van der Waals surface area contributed by atoms with Gasteiger partial charge in [0.25, 0.3) is 5.91 Å². The second kappa shape index (κ2) is 6.43. The molecule has 0 saturated heterocycles. The normalized spacial score (nSPS) is 11.0. The van der Waals surface area contributed by atoms with Crippen LogP contribution in [-0.4, -0.2) is 22.6 Å². The summed E-state index contributed by atoms with van der Waals surface area (Å²) in [6.45, 7) is 5.72. The third-order valence-corrected chi connectivity index (χ3v) is 2.69. The lowest BCUT2D eigenvalue weighted by molar-refractivity contribution is 0.00693. The van der Waals surface area contributed by atoms with Gasteiger partial charge in [-0.3, -0.25) is 4.79 Å². The van der Waals surface area contributed by atoms with E-state index in [-0.39, 0.29) is 18.1 Å². The molecule has 0 atom stereocenters. The van der Waals surface area contributed by atoms with Gasteiger partial charge in [0.05, 0.1) is 5.56 Å². The third-order valence-electron chi connectivity index (χ3n) is 2.69. The van der Waals surface area contributed by atoms with Gasteiger partial charge >= 0.3 is 5.97 Å². The van der Waals surface area contributed by atoms with Gasteiger partial charge in [0.1, 0.15) is 11.9 Å². The van der Waals surface area contributed by atoms with Gasteiger partial charge in [-0.05, 0) is 38.5 Å². The fraction of sp³-hybridized carbons (Fsp3) is 0.312. The van der Waals surface area contributed by atoms with E-state index < -0.39 is 11.6 Å². The molecule has 1 amide bonds. The lowest BCUT2D eigenvalue weighted by Gasteiger charge is -2.19. The maximum Gasteiger partial charge on any atom is 0.338 e. The number of esters is 1. The summed E-state index contributed by atoms with van der Waals surface area (Å²) in [6.07, 6.45) is 1.33. The molecule has 2 aromatic rings. The molecule has 0 radical (unpaired) electrons. The fourth-order valence-corrected chi connectivity index (χ4v) is 1.75. The van der Waals surface area contributed by atoms with Crippen LogP contribution in [0, 0.1) is 0 Å². The summed E-state index contributed by atoms with van der Waals surface area (Å²) in [5.74, 6) is -0.728. The number of ether oxygens (including phenoxy) is 1. The third kappa shape index (κ3) is 4.44. The molecule has 0 spiro atoms. The van der Waals surface area contributed by atoms with Gasteiger partial charge in [0, 0.05) is 12.6 Å². The van der Waals surface area contributed by atoms with Crippen molar-refractivity contribution in [3.8, 4) is 0 Å². The quantitative estimate of drug-likeness (QED) is 0.878. The molecule has 0 unspecified atom stereocenters. The first-order valence-electron chi connectivity index (χ1n) is 6.86. The smallest absolute Gasteiger partial charge is 0.338 e. The first-order chi connectivity index (χ1) is 10.3. The van der Waals surface area contributed by atoms with Crippen LogP contribution in [0.25, 0.3) is 0 Å². The number of benzene rings is 1. The fourth-order valence-electron chi connectivity index (χ4n) is 1.75. The summed E-state index contributed by atoms with van der Waals surface area (Å²) in [7, 11) is 0. The van der Waals surface area contributed by atoms with E-state index in [1.807, 2.05) is 26.8 Å². The Morgan fingerprint density at radius 2 is 2.05 bits per heavy atom. The molecule has 2 rings (SSSR count). The van der Waals surface area contributed by atoms with Crippen LogP contribution in [0.1, 0.15) is 47.2 Å². The highest BCUT2D eigenvalue weighted by atomic mass is 16.6. The highest BCUT2D eigenvalue weighted by molar-refractivity contribution is 5.92. The number of nitrogens with one attached hydrogen (secondary N) is 1. The van der Waals surface area contributed by atoms with Gasteiger partial charge in [-0.25, -0.2) is 4.79 Å². The molecule has 0 saturated carbocycles. The van der Waals surface area contributed by atoms with Crippen molar-refractivity contribution in [3.63, 3.8) is 0 Å². The van der Waals surface area contributed by atoms with Gasteiger partial charge in [-0.15, -0.1) is 0 Å². The van der Waals surface area contributed by atoms with Crippen LogP contribution in [0.3, 0.4) is 0 Å². The van der Waals surface area contributed by atoms with E-state index >= 15 is 0 Å². The number of rotatable bonds is 4. The van der Waals surface area contributed by atoms with Crippen LogP contribution >= 0.6 is 0 Å². The largest absolute Gasteiger partial charge is 0.456 e. The highest BCUT2D eigenvalue weighted by Crippen LogP contribution is 2.13. The minimum atomic E-state index is -0.547. The lowest BCUT2D eigenvalue weighted by atomic mass is 10.1. The van der Waals surface area contributed by atoms with Crippen LogP contribution in [0.2, 0.25) is 0 Å². The van der Waals surface area contributed by atoms with Crippen LogP contribution in [-0.2, 0) is 11.3 Å². The molecule has 0 aliphatic rings. The van der Waals surface area contributed by atoms with Crippen molar-refractivity contribution in [1.29, 1.82) is 0 Å². The van der Waals surface area contributed by atoms with Gasteiger partial charge < -0.3 is 14.6 Å². The zero-order chi connectivity index (χ0) is 16.2. The molecule has 0 aliphatic carbocycles. The van der Waals surface area contributed by atoms with E-state index in [9.17, 15) is 9.59 Å². The monoisotopic (exact) mass is 302 g/mol. The molecule has 22 heavy (non-hydrogen) atoms. The molecule has 0 bridgehead atoms. The van der Waals surface area contributed by atoms with Crippen molar-refractivity contribution in [3.05, 3.63) is 53.4 Å². The SMILES string of the molecule is CC(C)(C)OC(=O)c1cccc(CNC(=O)c2ccon2)c1. The second-order valence-electron chi connectivity index (χ2n) is 5.77. The molecule has 0 aliphatic heterocycles. The van der Waals surface area contributed by atoms with E-state index in [2.05, 4.69) is 15.0 Å². The average Bonchev–Trinajstić information content (AvgIpc) is 2.97. The number of aromatic nitrogens is 1. The van der Waals surface area contributed by atoms with Crippen LogP contribution in [0.4, 0.5) is 0 Å². The Balaban J connectivity index is 1.99. The Morgan fingerprint density at radius 1 is 1.27 bits per heavy atom. The first kappa shape index (κ1) is 15.8. The van der Waals surface area contributed by atoms with Gasteiger partial charge in [-0.2, -0.15) is 0 Å². The zero-order valence-electron chi connectivity index (χ0n) is 12.8. The Labute approximate surface area is 128 Å². The van der Waals surface area contributed by atoms with Crippen LogP contribution < -0.4 is 5.32 Å². The summed E-state index contributed by atoms with van der Waals surface area (Å²) in [5, 5.41) is 6.26. The average molecular weight is 302 g/mol. The van der Waals surface area contributed by atoms with Gasteiger partial charge in [0.15, 0.2) is 5.69 Å². The molecule has 1 aromatic carbocycles. The number of nitrogens with zero attached hydrogens (tertiary/aromatic N) is 1. The van der Waals surface area contributed by atoms with Crippen molar-refractivity contribution >= 4 is 11.9 Å². The predicted octanol–water partition coefficient (Wildman–Crippen LogP) is 2.56. The lowest BCUT2D eigenvalue weighted by Crippen LogP contribution is -2.25. The van der Waals surface area contributed by atoms with Crippen molar-refractivity contribution in [2.75, 3.05) is 0 Å². The summed E-state index contributed by atoms with van der Waals surface area (Å²) in [6, 6.07) is 8.41. The molecule has 116 valence electrons. The molecular weight excluding hydrogens is 284 g/mol. The first-order valence-corrected chi connectivity index (χ1v) is 6.86. The van der Waals surface area contributed by atoms with Crippen molar-refractivity contribution in [2.24, 2.45) is 0 Å². The maximum absolute atomic E-state index is 12.0. The standard InChI is InChI=1S/C16H18N2O4/c1-16(2,3)22-15(20)12-6-4-5-11(9-12)10-17-14(19)13-7-8-21-18-13/h4-9H,10H2,1-3H3,(H,17,19). The summed E-state index contributed by atoms with van der Waals surface area (Å²) in [5.41, 5.74) is 0.903. The minimum Gasteiger partial charge on any atom is -0.456 e. The Hall–Kier alpha value is -2.63. The Morgan fingerprint density at radius 3 is 2.68 bits per heavy atom. The number of carbonyl (C=O) groups excluding carboxylic acids is 2. The topological polar surface area (TPSA) is 81.4 Å².